The van der Waals surface area contributed by atoms with Crippen LogP contribution in [0, 0.1) is 0 Å². The van der Waals surface area contributed by atoms with Gasteiger partial charge >= 0.3 is 0 Å². The first-order valence-corrected chi connectivity index (χ1v) is 6.82. The molecule has 1 nitrogen and oxygen atoms in total. The fraction of sp³-hybridized carbons (Fsp3) is 0.733. The summed E-state index contributed by atoms with van der Waals surface area (Å²) < 4.78 is 0. The lowest BCUT2D eigenvalue weighted by molar-refractivity contribution is 0.282. The van der Waals surface area contributed by atoms with Crippen molar-refractivity contribution in [3.8, 4) is 0 Å². The van der Waals surface area contributed by atoms with Gasteiger partial charge in [0.2, 0.25) is 0 Å². The quantitative estimate of drug-likeness (QED) is 0.401. The summed E-state index contributed by atoms with van der Waals surface area (Å²) in [5.41, 5.74) is 0. The Bertz CT molecular complexity index is 170. The average molecular weight is 224 g/mol. The zero-order valence-electron chi connectivity index (χ0n) is 10.8. The number of hydrogen-bond acceptors (Lipinski definition) is 1. The van der Waals surface area contributed by atoms with E-state index in [4.69, 9.17) is 5.11 Å². The summed E-state index contributed by atoms with van der Waals surface area (Å²) in [6.45, 7) is 2.52. The maximum absolute atomic E-state index is 8.61. The third-order valence-electron chi connectivity index (χ3n) is 2.62. The van der Waals surface area contributed by atoms with Gasteiger partial charge in [0, 0.05) is 6.61 Å². The number of allylic oxidation sites excluding steroid dienone is 4. The number of aliphatic hydroxyl groups is 1. The Kier molecular flexibility index (Phi) is 13.9. The van der Waals surface area contributed by atoms with Gasteiger partial charge in [-0.1, -0.05) is 56.9 Å². The van der Waals surface area contributed by atoms with E-state index in [0.29, 0.717) is 6.61 Å². The summed E-state index contributed by atoms with van der Waals surface area (Å²) in [7, 11) is 0. The lowest BCUT2D eigenvalue weighted by Gasteiger charge is -1.98. The van der Waals surface area contributed by atoms with Crippen LogP contribution in [-0.2, 0) is 0 Å². The molecule has 0 fully saturated rings. The summed E-state index contributed by atoms with van der Waals surface area (Å²) in [5, 5.41) is 8.61. The van der Waals surface area contributed by atoms with Gasteiger partial charge in [0.25, 0.3) is 0 Å². The second kappa shape index (κ2) is 14.4. The maximum atomic E-state index is 8.61. The fourth-order valence-electron chi connectivity index (χ4n) is 1.64. The zero-order chi connectivity index (χ0) is 11.9. The van der Waals surface area contributed by atoms with Crippen molar-refractivity contribution >= 4 is 0 Å². The molecule has 0 saturated carbocycles. The Labute approximate surface area is 101 Å². The minimum atomic E-state index is 0.355. The van der Waals surface area contributed by atoms with Gasteiger partial charge in [-0.2, -0.15) is 0 Å². The van der Waals surface area contributed by atoms with Crippen molar-refractivity contribution in [1.29, 1.82) is 0 Å². The van der Waals surface area contributed by atoms with Gasteiger partial charge in [0.1, 0.15) is 0 Å². The van der Waals surface area contributed by atoms with Crippen molar-refractivity contribution in [1.82, 2.24) is 0 Å². The largest absolute Gasteiger partial charge is 0.396 e. The third kappa shape index (κ3) is 13.4. The van der Waals surface area contributed by atoms with Crippen molar-refractivity contribution in [3.63, 3.8) is 0 Å². The second-order valence-electron chi connectivity index (χ2n) is 4.22. The normalized spacial score (nSPS) is 11.9. The molecule has 0 aliphatic carbocycles. The molecule has 0 aromatic rings. The number of rotatable bonds is 11. The SMILES string of the molecule is CC/C=C\C/C=C\CCCCCCCCO. The van der Waals surface area contributed by atoms with E-state index >= 15 is 0 Å². The van der Waals surface area contributed by atoms with Crippen LogP contribution in [0.15, 0.2) is 24.3 Å². The molecule has 0 unspecified atom stereocenters. The molecule has 16 heavy (non-hydrogen) atoms. The summed E-state index contributed by atoms with van der Waals surface area (Å²) in [6.07, 6.45) is 19.9. The first kappa shape index (κ1) is 15.4. The molecule has 0 saturated heterocycles. The van der Waals surface area contributed by atoms with Crippen LogP contribution in [0.1, 0.15) is 64.7 Å². The molecule has 0 bridgehead atoms. The molecule has 0 aliphatic heterocycles. The monoisotopic (exact) mass is 224 g/mol. The maximum Gasteiger partial charge on any atom is 0.0431 e. The molecule has 0 spiro atoms. The Morgan fingerprint density at radius 3 is 2.06 bits per heavy atom. The van der Waals surface area contributed by atoms with E-state index in [0.717, 1.165) is 19.3 Å². The van der Waals surface area contributed by atoms with Gasteiger partial charge < -0.3 is 5.11 Å². The molecule has 0 aromatic carbocycles. The minimum absolute atomic E-state index is 0.355. The number of aliphatic hydroxyl groups excluding tert-OH is 1. The Balaban J connectivity index is 3.05. The standard InChI is InChI=1S/C15H28O/c1-2-3-4-5-6-7-8-9-10-11-12-13-14-15-16/h3-4,6-7,16H,2,5,8-15H2,1H3/b4-3-,7-6-. The Hall–Kier alpha value is -0.560. The highest BCUT2D eigenvalue weighted by Gasteiger charge is 1.89. The topological polar surface area (TPSA) is 20.2 Å². The number of hydrogen-bond donors (Lipinski definition) is 1. The minimum Gasteiger partial charge on any atom is -0.396 e. The lowest BCUT2D eigenvalue weighted by atomic mass is 10.1. The highest BCUT2D eigenvalue weighted by atomic mass is 16.2. The predicted molar refractivity (Wildman–Crippen MR) is 72.6 cm³/mol. The molecular weight excluding hydrogens is 196 g/mol. The molecule has 0 heterocycles. The van der Waals surface area contributed by atoms with Crippen molar-refractivity contribution in [3.05, 3.63) is 24.3 Å². The third-order valence-corrected chi connectivity index (χ3v) is 2.62. The summed E-state index contributed by atoms with van der Waals surface area (Å²) >= 11 is 0. The molecule has 1 heteroatoms. The smallest absolute Gasteiger partial charge is 0.0431 e. The van der Waals surface area contributed by atoms with Gasteiger partial charge in [0.05, 0.1) is 0 Å². The highest BCUT2D eigenvalue weighted by molar-refractivity contribution is 4.92. The molecule has 0 amide bonds. The van der Waals surface area contributed by atoms with Gasteiger partial charge in [-0.05, 0) is 32.1 Å². The van der Waals surface area contributed by atoms with Crippen LogP contribution in [0.4, 0.5) is 0 Å². The van der Waals surface area contributed by atoms with E-state index in [1.807, 2.05) is 0 Å². The van der Waals surface area contributed by atoms with Gasteiger partial charge in [-0.25, -0.2) is 0 Å². The van der Waals surface area contributed by atoms with Gasteiger partial charge in [-0.15, -0.1) is 0 Å². The van der Waals surface area contributed by atoms with Gasteiger partial charge in [-0.3, -0.25) is 0 Å². The van der Waals surface area contributed by atoms with Crippen LogP contribution in [0.2, 0.25) is 0 Å². The first-order chi connectivity index (χ1) is 7.91. The lowest BCUT2D eigenvalue weighted by Crippen LogP contribution is -1.83. The van der Waals surface area contributed by atoms with Gasteiger partial charge in [0.15, 0.2) is 0 Å². The molecular formula is C15H28O. The van der Waals surface area contributed by atoms with Crippen LogP contribution < -0.4 is 0 Å². The Morgan fingerprint density at radius 2 is 1.38 bits per heavy atom. The Morgan fingerprint density at radius 1 is 0.750 bits per heavy atom. The fourth-order valence-corrected chi connectivity index (χ4v) is 1.64. The van der Waals surface area contributed by atoms with E-state index in [1.165, 1.54) is 38.5 Å². The molecule has 94 valence electrons. The van der Waals surface area contributed by atoms with E-state index < -0.39 is 0 Å². The highest BCUT2D eigenvalue weighted by Crippen LogP contribution is 2.07. The summed E-state index contributed by atoms with van der Waals surface area (Å²) in [6, 6.07) is 0. The van der Waals surface area contributed by atoms with Crippen LogP contribution in [0.25, 0.3) is 0 Å². The van der Waals surface area contributed by atoms with Crippen molar-refractivity contribution in [2.24, 2.45) is 0 Å². The van der Waals surface area contributed by atoms with Crippen molar-refractivity contribution in [2.75, 3.05) is 6.61 Å². The molecule has 0 rings (SSSR count). The molecule has 0 aliphatic rings. The molecule has 0 aromatic heterocycles. The van der Waals surface area contributed by atoms with E-state index in [-0.39, 0.29) is 0 Å². The van der Waals surface area contributed by atoms with Crippen molar-refractivity contribution < 1.29 is 5.11 Å². The van der Waals surface area contributed by atoms with E-state index in [2.05, 4.69) is 31.2 Å². The number of unbranched alkanes of at least 4 members (excludes halogenated alkanes) is 6. The van der Waals surface area contributed by atoms with E-state index in [1.54, 1.807) is 0 Å². The van der Waals surface area contributed by atoms with Crippen LogP contribution in [0.3, 0.4) is 0 Å². The molecule has 0 atom stereocenters. The summed E-state index contributed by atoms with van der Waals surface area (Å²) in [5.74, 6) is 0. The predicted octanol–water partition coefficient (Wildman–Crippen LogP) is 4.62. The first-order valence-electron chi connectivity index (χ1n) is 6.82. The van der Waals surface area contributed by atoms with Crippen LogP contribution in [-0.4, -0.2) is 11.7 Å². The summed E-state index contributed by atoms with van der Waals surface area (Å²) in [4.78, 5) is 0. The zero-order valence-corrected chi connectivity index (χ0v) is 10.8. The average Bonchev–Trinajstić information content (AvgIpc) is 2.31. The molecule has 0 radical (unpaired) electrons. The van der Waals surface area contributed by atoms with Crippen LogP contribution in [0.5, 0.6) is 0 Å². The van der Waals surface area contributed by atoms with E-state index in [9.17, 15) is 0 Å². The van der Waals surface area contributed by atoms with Crippen molar-refractivity contribution in [2.45, 2.75) is 64.7 Å². The second-order valence-corrected chi connectivity index (χ2v) is 4.22. The van der Waals surface area contributed by atoms with Crippen LogP contribution >= 0.6 is 0 Å². The molecule has 1 N–H and O–H groups in total.